The Balaban J connectivity index is 1.44. The van der Waals surface area contributed by atoms with Gasteiger partial charge in [-0.05, 0) is 50.2 Å². The lowest BCUT2D eigenvalue weighted by Gasteiger charge is -2.10. The van der Waals surface area contributed by atoms with Gasteiger partial charge < -0.3 is 25.1 Å². The largest absolute Gasteiger partial charge is 0.492 e. The molecule has 0 saturated heterocycles. The molecular weight excluding hydrogens is 466 g/mol. The van der Waals surface area contributed by atoms with Crippen molar-refractivity contribution in [3.63, 3.8) is 0 Å². The number of hydrogen-bond donors (Lipinski definition) is 4. The smallest absolute Gasteiger partial charge is 0.329 e. The molecule has 0 spiro atoms. The zero-order chi connectivity index (χ0) is 25.9. The molecular formula is C25H25N5O6. The van der Waals surface area contributed by atoms with Crippen LogP contribution in [-0.4, -0.2) is 36.5 Å². The molecule has 0 aliphatic carbocycles. The van der Waals surface area contributed by atoms with E-state index in [1.54, 1.807) is 55.5 Å². The summed E-state index contributed by atoms with van der Waals surface area (Å²) in [6, 6.07) is 16.8. The first-order chi connectivity index (χ1) is 17.4. The molecule has 0 radical (unpaired) electrons. The first-order valence-corrected chi connectivity index (χ1v) is 11.0. The molecule has 0 atom stereocenters. The Hall–Kier alpha value is -4.93. The Morgan fingerprint density at radius 1 is 0.889 bits per heavy atom. The average Bonchev–Trinajstić information content (AvgIpc) is 3.32. The predicted molar refractivity (Wildman–Crippen MR) is 132 cm³/mol. The minimum absolute atomic E-state index is 0.0397. The summed E-state index contributed by atoms with van der Waals surface area (Å²) in [6.07, 6.45) is 1.19. The average molecular weight is 492 g/mol. The summed E-state index contributed by atoms with van der Waals surface area (Å²) in [6.45, 7) is 4.08. The van der Waals surface area contributed by atoms with Gasteiger partial charge in [-0.1, -0.05) is 29.8 Å². The number of ether oxygens (including phenoxy) is 1. The van der Waals surface area contributed by atoms with Crippen LogP contribution in [0.5, 0.6) is 5.75 Å². The number of benzene rings is 2. The molecule has 11 heteroatoms. The standard InChI is InChI=1S/C25H25N5O6/c1-3-35-21-7-5-4-6-20(21)29-24(33)25(34)30-27-15-19-13-12-18(36-19)14-26-22(31)23(32)28-17-10-8-16(2)9-11-17/h4-13,15H,3,14H2,1-2H3,(H,26,31)(H,28,32)(H,29,33)(H,30,34)/b27-15-. The number of para-hydroxylation sites is 2. The molecule has 4 amide bonds. The fourth-order valence-electron chi connectivity index (χ4n) is 2.87. The van der Waals surface area contributed by atoms with Crippen molar-refractivity contribution in [1.82, 2.24) is 10.7 Å². The highest BCUT2D eigenvalue weighted by Crippen LogP contribution is 2.23. The molecule has 1 aromatic heterocycles. The number of rotatable bonds is 8. The second-order valence-electron chi connectivity index (χ2n) is 7.39. The lowest BCUT2D eigenvalue weighted by molar-refractivity contribution is -0.136. The minimum atomic E-state index is -0.990. The Labute approximate surface area is 206 Å². The van der Waals surface area contributed by atoms with E-state index in [2.05, 4.69) is 26.5 Å². The van der Waals surface area contributed by atoms with Crippen LogP contribution in [0.25, 0.3) is 0 Å². The monoisotopic (exact) mass is 491 g/mol. The van der Waals surface area contributed by atoms with Gasteiger partial charge in [-0.2, -0.15) is 5.10 Å². The number of hydrazone groups is 1. The van der Waals surface area contributed by atoms with E-state index in [1.807, 2.05) is 19.1 Å². The van der Waals surface area contributed by atoms with E-state index in [0.717, 1.165) is 5.56 Å². The van der Waals surface area contributed by atoms with Crippen molar-refractivity contribution in [2.45, 2.75) is 20.4 Å². The third kappa shape index (κ3) is 7.55. The summed E-state index contributed by atoms with van der Waals surface area (Å²) in [5, 5.41) is 11.1. The van der Waals surface area contributed by atoms with Gasteiger partial charge in [-0.25, -0.2) is 5.43 Å². The van der Waals surface area contributed by atoms with Gasteiger partial charge in [0, 0.05) is 5.69 Å². The topological polar surface area (TPSA) is 151 Å². The van der Waals surface area contributed by atoms with E-state index >= 15 is 0 Å². The van der Waals surface area contributed by atoms with E-state index in [0.29, 0.717) is 29.5 Å². The van der Waals surface area contributed by atoms with Crippen LogP contribution < -0.4 is 26.1 Å². The number of carbonyl (C=O) groups is 4. The van der Waals surface area contributed by atoms with Crippen LogP contribution >= 0.6 is 0 Å². The van der Waals surface area contributed by atoms with Gasteiger partial charge in [0.1, 0.15) is 17.3 Å². The Kier molecular flexibility index (Phi) is 8.93. The second kappa shape index (κ2) is 12.5. The van der Waals surface area contributed by atoms with Crippen molar-refractivity contribution < 1.29 is 28.3 Å². The molecule has 0 unspecified atom stereocenters. The van der Waals surface area contributed by atoms with Crippen molar-refractivity contribution in [3.8, 4) is 5.75 Å². The zero-order valence-corrected chi connectivity index (χ0v) is 19.7. The van der Waals surface area contributed by atoms with Crippen LogP contribution in [0.1, 0.15) is 24.0 Å². The number of furan rings is 1. The SMILES string of the molecule is CCOc1ccccc1NC(=O)C(=O)N/N=C\c1ccc(CNC(=O)C(=O)Nc2ccc(C)cc2)o1. The van der Waals surface area contributed by atoms with Crippen LogP contribution in [0, 0.1) is 6.92 Å². The number of hydrogen-bond acceptors (Lipinski definition) is 7. The lowest BCUT2D eigenvalue weighted by atomic mass is 10.2. The lowest BCUT2D eigenvalue weighted by Crippen LogP contribution is -2.34. The van der Waals surface area contributed by atoms with Crippen molar-refractivity contribution in [2.75, 3.05) is 17.2 Å². The molecule has 3 rings (SSSR count). The van der Waals surface area contributed by atoms with Crippen LogP contribution in [0.4, 0.5) is 11.4 Å². The van der Waals surface area contributed by atoms with E-state index in [-0.39, 0.29) is 12.3 Å². The van der Waals surface area contributed by atoms with Crippen molar-refractivity contribution in [2.24, 2.45) is 5.10 Å². The van der Waals surface area contributed by atoms with Crippen LogP contribution in [0.15, 0.2) is 70.2 Å². The molecule has 0 bridgehead atoms. The Bertz CT molecular complexity index is 1270. The highest BCUT2D eigenvalue weighted by molar-refractivity contribution is 6.40. The maximum atomic E-state index is 12.1. The molecule has 3 aromatic rings. The number of amides is 4. The van der Waals surface area contributed by atoms with E-state index < -0.39 is 23.6 Å². The van der Waals surface area contributed by atoms with Gasteiger partial charge in [-0.3, -0.25) is 19.2 Å². The number of anilines is 2. The molecule has 2 aromatic carbocycles. The van der Waals surface area contributed by atoms with Gasteiger partial charge in [0.05, 0.1) is 25.1 Å². The molecule has 0 aliphatic rings. The van der Waals surface area contributed by atoms with Gasteiger partial charge in [-0.15, -0.1) is 0 Å². The Morgan fingerprint density at radius 3 is 2.36 bits per heavy atom. The van der Waals surface area contributed by atoms with Gasteiger partial charge >= 0.3 is 23.6 Å². The van der Waals surface area contributed by atoms with Crippen LogP contribution in [-0.2, 0) is 25.7 Å². The number of carbonyl (C=O) groups excluding carboxylic acids is 4. The number of nitrogens with zero attached hydrogens (tertiary/aromatic N) is 1. The van der Waals surface area contributed by atoms with Gasteiger partial charge in [0.2, 0.25) is 0 Å². The summed E-state index contributed by atoms with van der Waals surface area (Å²) in [4.78, 5) is 48.1. The van der Waals surface area contributed by atoms with Crippen LogP contribution in [0.2, 0.25) is 0 Å². The summed E-state index contributed by atoms with van der Waals surface area (Å²) in [7, 11) is 0. The van der Waals surface area contributed by atoms with Crippen molar-refractivity contribution in [3.05, 3.63) is 77.7 Å². The summed E-state index contributed by atoms with van der Waals surface area (Å²) >= 11 is 0. The Morgan fingerprint density at radius 2 is 1.61 bits per heavy atom. The second-order valence-corrected chi connectivity index (χ2v) is 7.39. The summed E-state index contributed by atoms with van der Waals surface area (Å²) in [5.41, 5.74) is 3.99. The van der Waals surface area contributed by atoms with Crippen molar-refractivity contribution >= 4 is 41.2 Å². The van der Waals surface area contributed by atoms with Gasteiger partial charge in [0.15, 0.2) is 0 Å². The molecule has 0 fully saturated rings. The predicted octanol–water partition coefficient (Wildman–Crippen LogP) is 2.33. The van der Waals surface area contributed by atoms with E-state index in [9.17, 15) is 19.2 Å². The van der Waals surface area contributed by atoms with Crippen molar-refractivity contribution in [1.29, 1.82) is 0 Å². The molecule has 4 N–H and O–H groups in total. The maximum Gasteiger partial charge on any atom is 0.329 e. The highest BCUT2D eigenvalue weighted by Gasteiger charge is 2.16. The van der Waals surface area contributed by atoms with E-state index in [1.165, 1.54) is 6.21 Å². The first-order valence-electron chi connectivity index (χ1n) is 11.0. The molecule has 0 saturated carbocycles. The highest BCUT2D eigenvalue weighted by atomic mass is 16.5. The molecule has 186 valence electrons. The summed E-state index contributed by atoms with van der Waals surface area (Å²) in [5.74, 6) is -2.51. The fourth-order valence-corrected chi connectivity index (χ4v) is 2.87. The molecule has 36 heavy (non-hydrogen) atoms. The third-order valence-corrected chi connectivity index (χ3v) is 4.62. The van der Waals surface area contributed by atoms with Crippen LogP contribution in [0.3, 0.4) is 0 Å². The number of aryl methyl sites for hydroxylation is 1. The first kappa shape index (κ1) is 25.7. The minimum Gasteiger partial charge on any atom is -0.492 e. The molecule has 0 aliphatic heterocycles. The quantitative estimate of drug-likeness (QED) is 0.216. The molecule has 11 nitrogen and oxygen atoms in total. The van der Waals surface area contributed by atoms with Gasteiger partial charge in [0.25, 0.3) is 0 Å². The maximum absolute atomic E-state index is 12.1. The normalized spacial score (nSPS) is 10.5. The molecule has 1 heterocycles. The third-order valence-electron chi connectivity index (χ3n) is 4.62. The summed E-state index contributed by atoms with van der Waals surface area (Å²) < 4.78 is 10.9. The number of nitrogens with one attached hydrogen (secondary N) is 4. The fraction of sp³-hybridized carbons (Fsp3) is 0.160. The van der Waals surface area contributed by atoms with E-state index in [4.69, 9.17) is 9.15 Å². The zero-order valence-electron chi connectivity index (χ0n) is 19.7.